The Bertz CT molecular complexity index is 1580. The van der Waals surface area contributed by atoms with Crippen molar-refractivity contribution in [1.29, 1.82) is 0 Å². The molecule has 0 radical (unpaired) electrons. The molecule has 4 aromatic rings. The Balaban J connectivity index is 1.52. The number of carbonyl (C=O) groups is 2. The second kappa shape index (κ2) is 9.97. The van der Waals surface area contributed by atoms with E-state index in [0.717, 1.165) is 0 Å². The minimum Gasteiger partial charge on any atom is -0.506 e. The van der Waals surface area contributed by atoms with Gasteiger partial charge in [-0.25, -0.2) is 4.98 Å². The summed E-state index contributed by atoms with van der Waals surface area (Å²) in [5.74, 6) is -2.41. The maximum atomic E-state index is 13.7. The molecule has 1 N–H and O–H groups in total. The topological polar surface area (TPSA) is 93.9 Å². The zero-order valence-corrected chi connectivity index (χ0v) is 21.0. The predicted molar refractivity (Wildman–Crippen MR) is 136 cm³/mol. The van der Waals surface area contributed by atoms with Crippen LogP contribution in [-0.4, -0.2) is 46.4 Å². The lowest BCUT2D eigenvalue weighted by Crippen LogP contribution is -2.41. The lowest BCUT2D eigenvalue weighted by atomic mass is 9.97. The number of hydrogen-bond acceptors (Lipinski definition) is 6. The van der Waals surface area contributed by atoms with Crippen molar-refractivity contribution in [3.05, 3.63) is 77.6 Å². The van der Waals surface area contributed by atoms with Crippen molar-refractivity contribution in [2.24, 2.45) is 0 Å². The number of esters is 1. The summed E-state index contributed by atoms with van der Waals surface area (Å²) in [6, 6.07) is 14.5. The number of para-hydroxylation sites is 1. The molecule has 0 aliphatic carbocycles. The number of imidazole rings is 1. The second-order valence-corrected chi connectivity index (χ2v) is 9.22. The number of nitrogens with zero attached hydrogens (tertiary/aromatic N) is 3. The van der Waals surface area contributed by atoms with E-state index in [-0.39, 0.29) is 36.9 Å². The van der Waals surface area contributed by atoms with E-state index in [0.29, 0.717) is 44.1 Å². The Labute approximate surface area is 221 Å². The molecule has 1 aliphatic rings. The van der Waals surface area contributed by atoms with Crippen molar-refractivity contribution in [2.75, 3.05) is 18.6 Å². The summed E-state index contributed by atoms with van der Waals surface area (Å²) in [7, 11) is 1.28. The zero-order chi connectivity index (χ0) is 27.9. The molecule has 0 fully saturated rings. The molecule has 8 nitrogen and oxygen atoms in total. The Kier molecular flexibility index (Phi) is 6.67. The second-order valence-electron chi connectivity index (χ2n) is 9.22. The molecular formula is C28H24F3N3O5. The summed E-state index contributed by atoms with van der Waals surface area (Å²) in [5.41, 5.74) is 3.45. The molecule has 0 saturated heterocycles. The first-order valence-corrected chi connectivity index (χ1v) is 12.0. The number of aromatic nitrogens is 2. The molecule has 1 amide bonds. The molecule has 1 atom stereocenters. The third kappa shape index (κ3) is 4.87. The van der Waals surface area contributed by atoms with E-state index in [1.807, 2.05) is 0 Å². The van der Waals surface area contributed by atoms with Gasteiger partial charge in [0.2, 0.25) is 0 Å². The van der Waals surface area contributed by atoms with Gasteiger partial charge in [0.25, 0.3) is 0 Å². The third-order valence-electron chi connectivity index (χ3n) is 6.88. The van der Waals surface area contributed by atoms with Crippen LogP contribution in [0.4, 0.5) is 18.9 Å². The van der Waals surface area contributed by atoms with Gasteiger partial charge in [-0.15, -0.1) is 0 Å². The van der Waals surface area contributed by atoms with Gasteiger partial charge >= 0.3 is 18.1 Å². The number of methoxy groups -OCH3 is 1. The smallest absolute Gasteiger partial charge is 0.471 e. The van der Waals surface area contributed by atoms with Gasteiger partial charge < -0.3 is 19.5 Å². The van der Waals surface area contributed by atoms with Crippen molar-refractivity contribution in [3.63, 3.8) is 0 Å². The molecule has 0 spiro atoms. The van der Waals surface area contributed by atoms with E-state index >= 15 is 0 Å². The minimum absolute atomic E-state index is 0.00894. The van der Waals surface area contributed by atoms with Gasteiger partial charge in [-0.3, -0.25) is 14.2 Å². The maximum Gasteiger partial charge on any atom is 0.471 e. The maximum absolute atomic E-state index is 13.7. The van der Waals surface area contributed by atoms with Gasteiger partial charge in [0.1, 0.15) is 23.3 Å². The van der Waals surface area contributed by atoms with Crippen LogP contribution in [0.3, 0.4) is 0 Å². The molecule has 0 unspecified atom stereocenters. The van der Waals surface area contributed by atoms with E-state index in [2.05, 4.69) is 4.98 Å². The normalized spacial score (nSPS) is 14.6. The van der Waals surface area contributed by atoms with Crippen LogP contribution in [0.5, 0.6) is 11.5 Å². The van der Waals surface area contributed by atoms with Gasteiger partial charge in [0.05, 0.1) is 37.9 Å². The Hall–Kier alpha value is -4.54. The summed E-state index contributed by atoms with van der Waals surface area (Å²) in [6.45, 7) is 1.57. The highest BCUT2D eigenvalue weighted by Gasteiger charge is 2.43. The van der Waals surface area contributed by atoms with Crippen molar-refractivity contribution in [2.45, 2.75) is 32.0 Å². The number of rotatable bonds is 6. The van der Waals surface area contributed by atoms with Crippen LogP contribution in [0.15, 0.2) is 60.9 Å². The van der Waals surface area contributed by atoms with Gasteiger partial charge in [0, 0.05) is 23.2 Å². The molecule has 0 bridgehead atoms. The number of amides is 1. The van der Waals surface area contributed by atoms with Gasteiger partial charge in [0.15, 0.2) is 0 Å². The van der Waals surface area contributed by atoms with Crippen molar-refractivity contribution < 1.29 is 37.3 Å². The molecule has 5 rings (SSSR count). The summed E-state index contributed by atoms with van der Waals surface area (Å²) in [5, 5.41) is 10.1. The highest BCUT2D eigenvalue weighted by atomic mass is 19.4. The number of ether oxygens (including phenoxy) is 2. The summed E-state index contributed by atoms with van der Waals surface area (Å²) in [6.07, 6.45) is -3.52. The predicted octanol–water partition coefficient (Wildman–Crippen LogP) is 5.17. The molecule has 2 heterocycles. The van der Waals surface area contributed by atoms with E-state index in [1.54, 1.807) is 47.9 Å². The number of carbonyl (C=O) groups excluding carboxylic acids is 2. The summed E-state index contributed by atoms with van der Waals surface area (Å²) < 4.78 is 53.2. The third-order valence-corrected chi connectivity index (χ3v) is 6.88. The number of phenols is 1. The number of aromatic hydroxyl groups is 1. The lowest BCUT2D eigenvalue weighted by molar-refractivity contribution is -0.170. The Morgan fingerprint density at radius 1 is 1.18 bits per heavy atom. The van der Waals surface area contributed by atoms with Crippen LogP contribution in [0.25, 0.3) is 16.7 Å². The van der Waals surface area contributed by atoms with Crippen molar-refractivity contribution >= 4 is 28.6 Å². The standard InChI is InChI=1S/C28H24F3N3O5/c1-16-17(5-3-6-21(16)34-15-32-26-22(34)7-4-8-23(26)35)13-33(27(37)28(29,30)31)19-9-10-20-18(11-25(36)38-2)14-39-24(20)12-19/h3-10,12,15,18,35H,11,13-14H2,1-2H3/t18-/m1/s1. The molecular weight excluding hydrogens is 515 g/mol. The average molecular weight is 540 g/mol. The largest absolute Gasteiger partial charge is 0.506 e. The number of halogens is 3. The fourth-order valence-electron chi connectivity index (χ4n) is 4.81. The van der Waals surface area contributed by atoms with Gasteiger partial charge in [-0.1, -0.05) is 24.3 Å². The number of benzene rings is 3. The molecule has 11 heteroatoms. The number of anilines is 1. The van der Waals surface area contributed by atoms with E-state index in [4.69, 9.17) is 9.47 Å². The zero-order valence-electron chi connectivity index (χ0n) is 21.0. The number of phenolic OH excluding ortho intramolecular Hbond substituents is 1. The quantitative estimate of drug-likeness (QED) is 0.340. The van der Waals surface area contributed by atoms with Crippen LogP contribution in [0.1, 0.15) is 29.0 Å². The van der Waals surface area contributed by atoms with E-state index in [9.17, 15) is 27.9 Å². The number of fused-ring (bicyclic) bond motifs is 2. The molecule has 202 valence electrons. The van der Waals surface area contributed by atoms with Gasteiger partial charge in [-0.05, 0) is 42.3 Å². The number of hydrogen-bond donors (Lipinski definition) is 1. The summed E-state index contributed by atoms with van der Waals surface area (Å²) in [4.78, 5) is 29.2. The highest BCUT2D eigenvalue weighted by molar-refractivity contribution is 5.97. The van der Waals surface area contributed by atoms with Crippen molar-refractivity contribution in [1.82, 2.24) is 9.55 Å². The van der Waals surface area contributed by atoms with Crippen molar-refractivity contribution in [3.8, 4) is 17.2 Å². The Morgan fingerprint density at radius 3 is 2.69 bits per heavy atom. The first-order chi connectivity index (χ1) is 18.6. The monoisotopic (exact) mass is 539 g/mol. The van der Waals surface area contributed by atoms with Crippen LogP contribution in [0, 0.1) is 6.92 Å². The van der Waals surface area contributed by atoms with Crippen LogP contribution in [-0.2, 0) is 20.9 Å². The first-order valence-electron chi connectivity index (χ1n) is 12.0. The highest BCUT2D eigenvalue weighted by Crippen LogP contribution is 2.40. The number of alkyl halides is 3. The lowest BCUT2D eigenvalue weighted by Gasteiger charge is -2.26. The Morgan fingerprint density at radius 2 is 1.95 bits per heavy atom. The van der Waals surface area contributed by atoms with Crippen LogP contribution < -0.4 is 9.64 Å². The minimum atomic E-state index is -5.11. The molecule has 0 saturated carbocycles. The molecule has 1 aliphatic heterocycles. The van der Waals surface area contributed by atoms with Crippen LogP contribution >= 0.6 is 0 Å². The molecule has 39 heavy (non-hydrogen) atoms. The fourth-order valence-corrected chi connectivity index (χ4v) is 4.81. The first kappa shape index (κ1) is 26.1. The van der Waals surface area contributed by atoms with Gasteiger partial charge in [-0.2, -0.15) is 13.2 Å². The van der Waals surface area contributed by atoms with E-state index < -0.39 is 18.1 Å². The molecule has 3 aromatic carbocycles. The SMILES string of the molecule is COC(=O)C[C@@H]1COc2cc(N(Cc3cccc(-n4cnc5c(O)cccc54)c3C)C(=O)C(F)(F)F)ccc21. The average Bonchev–Trinajstić information content (AvgIpc) is 3.52. The van der Waals surface area contributed by atoms with E-state index in [1.165, 1.54) is 31.6 Å². The fraction of sp³-hybridized carbons (Fsp3) is 0.250. The summed E-state index contributed by atoms with van der Waals surface area (Å²) >= 11 is 0. The molecule has 1 aromatic heterocycles. The van der Waals surface area contributed by atoms with Crippen LogP contribution in [0.2, 0.25) is 0 Å².